The highest BCUT2D eigenvalue weighted by atomic mass is 32.2. The highest BCUT2D eigenvalue weighted by molar-refractivity contribution is 8.00. The summed E-state index contributed by atoms with van der Waals surface area (Å²) in [6.45, 7) is 1.80. The molecule has 0 bridgehead atoms. The van der Waals surface area contributed by atoms with Gasteiger partial charge in [0.2, 0.25) is 5.91 Å². The molecule has 7 nitrogen and oxygen atoms in total. The summed E-state index contributed by atoms with van der Waals surface area (Å²) in [7, 11) is 0. The molecule has 2 aromatic heterocycles. The topological polar surface area (TPSA) is 100 Å². The quantitative estimate of drug-likeness (QED) is 0.192. The number of thiophene rings is 1. The number of nitrogens with one attached hydrogen (secondary N) is 3. The van der Waals surface area contributed by atoms with E-state index in [9.17, 15) is 14.4 Å². The monoisotopic (exact) mass is 528 g/mol. The van der Waals surface area contributed by atoms with Crippen molar-refractivity contribution in [3.8, 4) is 0 Å². The Hall–Kier alpha value is -4.21. The number of nitrogens with zero attached hydrogens (tertiary/aromatic N) is 1. The molecule has 1 unspecified atom stereocenters. The normalized spacial score (nSPS) is 11.9. The summed E-state index contributed by atoms with van der Waals surface area (Å²) in [4.78, 5) is 43.4. The molecule has 37 heavy (non-hydrogen) atoms. The van der Waals surface area contributed by atoms with Crippen LogP contribution in [0.1, 0.15) is 22.8 Å². The van der Waals surface area contributed by atoms with Crippen LogP contribution in [0.15, 0.2) is 106 Å². The van der Waals surface area contributed by atoms with Gasteiger partial charge in [-0.1, -0.05) is 30.3 Å². The molecular weight excluding hydrogens is 504 g/mol. The van der Waals surface area contributed by atoms with Crippen molar-refractivity contribution >= 4 is 58.4 Å². The summed E-state index contributed by atoms with van der Waals surface area (Å²) in [5.74, 6) is -0.529. The van der Waals surface area contributed by atoms with E-state index in [1.54, 1.807) is 79.9 Å². The van der Waals surface area contributed by atoms with Crippen molar-refractivity contribution in [2.45, 2.75) is 17.1 Å². The standard InChI is InChI=1S/C28H24N4O3S2/c1-19(26(33)32-25-12-5-6-14-29-25)37-23-11-7-10-22(17-23)30-28(35)24(16-20-13-15-36-18-20)31-27(34)21-8-3-2-4-9-21/h2-19H,1H3,(H,30,35)(H,31,34)(H,29,32,33)/b24-16-. The molecule has 1 atom stereocenters. The van der Waals surface area contributed by atoms with Gasteiger partial charge in [0.05, 0.1) is 5.25 Å². The van der Waals surface area contributed by atoms with Gasteiger partial charge in [-0.05, 0) is 77.9 Å². The van der Waals surface area contributed by atoms with Crippen LogP contribution in [0.5, 0.6) is 0 Å². The number of anilines is 2. The fourth-order valence-electron chi connectivity index (χ4n) is 3.23. The zero-order chi connectivity index (χ0) is 26.0. The number of carbonyl (C=O) groups is 3. The van der Waals surface area contributed by atoms with Crippen LogP contribution < -0.4 is 16.0 Å². The zero-order valence-electron chi connectivity index (χ0n) is 19.9. The van der Waals surface area contributed by atoms with Gasteiger partial charge in [0.25, 0.3) is 11.8 Å². The summed E-state index contributed by atoms with van der Waals surface area (Å²) < 4.78 is 0. The van der Waals surface area contributed by atoms with Crippen LogP contribution in [0.2, 0.25) is 0 Å². The van der Waals surface area contributed by atoms with Crippen LogP contribution >= 0.6 is 23.1 Å². The van der Waals surface area contributed by atoms with E-state index in [1.165, 1.54) is 23.1 Å². The van der Waals surface area contributed by atoms with Gasteiger partial charge in [-0.3, -0.25) is 14.4 Å². The number of amides is 3. The van der Waals surface area contributed by atoms with E-state index in [0.29, 0.717) is 17.1 Å². The van der Waals surface area contributed by atoms with E-state index < -0.39 is 11.2 Å². The molecule has 9 heteroatoms. The van der Waals surface area contributed by atoms with Crippen molar-refractivity contribution < 1.29 is 14.4 Å². The molecular formula is C28H24N4O3S2. The van der Waals surface area contributed by atoms with Crippen molar-refractivity contribution in [2.24, 2.45) is 0 Å². The van der Waals surface area contributed by atoms with Crippen LogP contribution in [-0.2, 0) is 9.59 Å². The lowest BCUT2D eigenvalue weighted by Gasteiger charge is -2.14. The fraction of sp³-hybridized carbons (Fsp3) is 0.0714. The van der Waals surface area contributed by atoms with E-state index in [-0.39, 0.29) is 17.5 Å². The number of aromatic nitrogens is 1. The minimum absolute atomic E-state index is 0.119. The predicted octanol–water partition coefficient (Wildman–Crippen LogP) is 5.67. The van der Waals surface area contributed by atoms with Crippen LogP contribution in [0.4, 0.5) is 11.5 Å². The van der Waals surface area contributed by atoms with E-state index in [1.807, 2.05) is 29.0 Å². The van der Waals surface area contributed by atoms with E-state index in [4.69, 9.17) is 0 Å². The molecule has 2 heterocycles. The highest BCUT2D eigenvalue weighted by Gasteiger charge is 2.17. The fourth-order valence-corrected chi connectivity index (χ4v) is 4.78. The Morgan fingerprint density at radius 1 is 0.946 bits per heavy atom. The number of hydrogen-bond donors (Lipinski definition) is 3. The molecule has 4 rings (SSSR count). The summed E-state index contributed by atoms with van der Waals surface area (Å²) in [6, 6.07) is 23.1. The van der Waals surface area contributed by atoms with Gasteiger partial charge in [-0.2, -0.15) is 11.3 Å². The molecule has 0 saturated heterocycles. The maximum atomic E-state index is 13.2. The molecule has 4 aromatic rings. The van der Waals surface area contributed by atoms with Gasteiger partial charge < -0.3 is 16.0 Å². The number of thioether (sulfide) groups is 1. The Morgan fingerprint density at radius 3 is 2.49 bits per heavy atom. The number of benzene rings is 2. The van der Waals surface area contributed by atoms with Crippen molar-refractivity contribution in [1.82, 2.24) is 10.3 Å². The number of carbonyl (C=O) groups excluding carboxylic acids is 3. The van der Waals surface area contributed by atoms with Gasteiger partial charge in [-0.25, -0.2) is 4.98 Å². The van der Waals surface area contributed by atoms with E-state index >= 15 is 0 Å². The first kappa shape index (κ1) is 25.9. The molecule has 0 aliphatic carbocycles. The highest BCUT2D eigenvalue weighted by Crippen LogP contribution is 2.27. The van der Waals surface area contributed by atoms with Gasteiger partial charge >= 0.3 is 0 Å². The lowest BCUT2D eigenvalue weighted by atomic mass is 10.2. The first-order valence-corrected chi connectivity index (χ1v) is 13.2. The Balaban J connectivity index is 1.44. The van der Waals surface area contributed by atoms with Crippen LogP contribution in [0, 0.1) is 0 Å². The molecule has 0 radical (unpaired) electrons. The number of rotatable bonds is 9. The molecule has 3 amide bonds. The summed E-state index contributed by atoms with van der Waals surface area (Å²) >= 11 is 2.85. The van der Waals surface area contributed by atoms with Gasteiger partial charge in [-0.15, -0.1) is 11.8 Å². The third-order valence-electron chi connectivity index (χ3n) is 5.07. The summed E-state index contributed by atoms with van der Waals surface area (Å²) in [5, 5.41) is 11.8. The first-order valence-electron chi connectivity index (χ1n) is 11.4. The second kappa shape index (κ2) is 12.7. The smallest absolute Gasteiger partial charge is 0.272 e. The lowest BCUT2D eigenvalue weighted by molar-refractivity contribution is -0.115. The molecule has 0 spiro atoms. The third kappa shape index (κ3) is 7.63. The Morgan fingerprint density at radius 2 is 1.76 bits per heavy atom. The lowest BCUT2D eigenvalue weighted by Crippen LogP contribution is -2.30. The summed E-state index contributed by atoms with van der Waals surface area (Å²) in [5.41, 5.74) is 1.91. The van der Waals surface area contributed by atoms with E-state index in [0.717, 1.165) is 10.5 Å². The van der Waals surface area contributed by atoms with Crippen molar-refractivity contribution in [3.05, 3.63) is 113 Å². The molecule has 3 N–H and O–H groups in total. The maximum absolute atomic E-state index is 13.2. The second-order valence-electron chi connectivity index (χ2n) is 7.88. The SMILES string of the molecule is CC(Sc1cccc(NC(=O)/C(=C/c2ccsc2)NC(=O)c2ccccc2)c1)C(=O)Nc1ccccn1. The Labute approximate surface area is 223 Å². The van der Waals surface area contributed by atoms with Gasteiger partial charge in [0.1, 0.15) is 11.5 Å². The van der Waals surface area contributed by atoms with E-state index in [2.05, 4.69) is 20.9 Å². The summed E-state index contributed by atoms with van der Waals surface area (Å²) in [6.07, 6.45) is 3.25. The van der Waals surface area contributed by atoms with Crippen LogP contribution in [0.3, 0.4) is 0 Å². The number of hydrogen-bond acceptors (Lipinski definition) is 6. The molecule has 2 aromatic carbocycles. The average molecular weight is 529 g/mol. The largest absolute Gasteiger partial charge is 0.321 e. The molecule has 0 aliphatic heterocycles. The Bertz CT molecular complexity index is 1390. The minimum Gasteiger partial charge on any atom is -0.321 e. The maximum Gasteiger partial charge on any atom is 0.272 e. The van der Waals surface area contributed by atoms with Crippen LogP contribution in [0.25, 0.3) is 6.08 Å². The minimum atomic E-state index is -0.460. The molecule has 0 saturated carbocycles. The average Bonchev–Trinajstić information content (AvgIpc) is 3.43. The van der Waals surface area contributed by atoms with Crippen molar-refractivity contribution in [2.75, 3.05) is 10.6 Å². The second-order valence-corrected chi connectivity index (χ2v) is 10.1. The molecule has 0 fully saturated rings. The Kier molecular flexibility index (Phi) is 8.85. The van der Waals surface area contributed by atoms with Gasteiger partial charge in [0, 0.05) is 22.3 Å². The first-order chi connectivity index (χ1) is 18.0. The van der Waals surface area contributed by atoms with Crippen molar-refractivity contribution in [3.63, 3.8) is 0 Å². The third-order valence-corrected chi connectivity index (χ3v) is 6.87. The van der Waals surface area contributed by atoms with Gasteiger partial charge in [0.15, 0.2) is 0 Å². The predicted molar refractivity (Wildman–Crippen MR) is 149 cm³/mol. The molecule has 186 valence electrons. The zero-order valence-corrected chi connectivity index (χ0v) is 21.5. The van der Waals surface area contributed by atoms with Crippen LogP contribution in [-0.4, -0.2) is 28.0 Å². The number of pyridine rings is 1. The molecule has 0 aliphatic rings. The van der Waals surface area contributed by atoms with Crippen molar-refractivity contribution in [1.29, 1.82) is 0 Å².